The summed E-state index contributed by atoms with van der Waals surface area (Å²) in [6, 6.07) is 4.94. The van der Waals surface area contributed by atoms with Crippen LogP contribution in [0.5, 0.6) is 11.5 Å². The highest BCUT2D eigenvalue weighted by molar-refractivity contribution is 5.95. The second-order valence-corrected chi connectivity index (χ2v) is 4.96. The Labute approximate surface area is 136 Å². The van der Waals surface area contributed by atoms with Gasteiger partial charge in [-0.25, -0.2) is 0 Å². The van der Waals surface area contributed by atoms with Crippen molar-refractivity contribution in [1.82, 2.24) is 10.6 Å². The third kappa shape index (κ3) is 6.02. The third-order valence-electron chi connectivity index (χ3n) is 3.29. The molecule has 0 aliphatic carbocycles. The maximum atomic E-state index is 12.0. The zero-order valence-corrected chi connectivity index (χ0v) is 14.1. The van der Waals surface area contributed by atoms with Gasteiger partial charge in [-0.05, 0) is 31.5 Å². The molecule has 0 aromatic heterocycles. The average molecular weight is 320 g/mol. The Bertz CT molecular complexity index is 582. The summed E-state index contributed by atoms with van der Waals surface area (Å²) >= 11 is 0. The number of nitrogens with one attached hydrogen (secondary N) is 2. The molecule has 1 aromatic carbocycles. The first-order valence-corrected chi connectivity index (χ1v) is 7.47. The predicted octanol–water partition coefficient (Wildman–Crippen LogP) is 1.91. The van der Waals surface area contributed by atoms with Gasteiger partial charge in [0, 0.05) is 24.7 Å². The first kappa shape index (κ1) is 18.5. The van der Waals surface area contributed by atoms with E-state index in [0.29, 0.717) is 30.2 Å². The number of rotatable bonds is 8. The largest absolute Gasteiger partial charge is 0.493 e. The molecule has 0 saturated carbocycles. The molecule has 1 rings (SSSR count). The molecular weight excluding hydrogens is 296 g/mol. The molecule has 0 radical (unpaired) electrons. The molecule has 126 valence electrons. The Morgan fingerprint density at radius 2 is 1.74 bits per heavy atom. The summed E-state index contributed by atoms with van der Waals surface area (Å²) in [6.07, 6.45) is 2.40. The second-order valence-electron chi connectivity index (χ2n) is 4.96. The van der Waals surface area contributed by atoms with E-state index in [1.807, 2.05) is 13.8 Å². The van der Waals surface area contributed by atoms with Gasteiger partial charge in [-0.1, -0.05) is 12.5 Å². The zero-order valence-electron chi connectivity index (χ0n) is 14.1. The fraction of sp³-hybridized carbons (Fsp3) is 0.412. The van der Waals surface area contributed by atoms with Gasteiger partial charge in [-0.3, -0.25) is 9.59 Å². The van der Waals surface area contributed by atoms with Crippen LogP contribution >= 0.6 is 0 Å². The second kappa shape index (κ2) is 9.50. The third-order valence-corrected chi connectivity index (χ3v) is 3.29. The van der Waals surface area contributed by atoms with Gasteiger partial charge in [-0.2, -0.15) is 0 Å². The molecule has 6 nitrogen and oxygen atoms in total. The lowest BCUT2D eigenvalue weighted by atomic mass is 10.2. The Hall–Kier alpha value is -2.50. The van der Waals surface area contributed by atoms with Crippen LogP contribution in [0.15, 0.2) is 29.8 Å². The van der Waals surface area contributed by atoms with E-state index >= 15 is 0 Å². The van der Waals surface area contributed by atoms with Crippen molar-refractivity contribution < 1.29 is 19.1 Å². The molecule has 0 aliphatic heterocycles. The number of allylic oxidation sites excluding steroid dienone is 1. The molecule has 23 heavy (non-hydrogen) atoms. The zero-order chi connectivity index (χ0) is 17.2. The molecule has 0 unspecified atom stereocenters. The van der Waals surface area contributed by atoms with E-state index in [0.717, 1.165) is 12.0 Å². The van der Waals surface area contributed by atoms with E-state index in [1.165, 1.54) is 14.2 Å². The van der Waals surface area contributed by atoms with Crippen LogP contribution < -0.4 is 20.1 Å². The van der Waals surface area contributed by atoms with Gasteiger partial charge in [0.1, 0.15) is 0 Å². The van der Waals surface area contributed by atoms with Crippen molar-refractivity contribution in [2.75, 3.05) is 27.3 Å². The van der Waals surface area contributed by atoms with Crippen molar-refractivity contribution in [3.05, 3.63) is 35.4 Å². The van der Waals surface area contributed by atoms with Crippen LogP contribution in [0.2, 0.25) is 0 Å². The Kier molecular flexibility index (Phi) is 7.66. The van der Waals surface area contributed by atoms with Crippen LogP contribution in [-0.2, 0) is 4.79 Å². The number of methoxy groups -OCH3 is 2. The smallest absolute Gasteiger partial charge is 0.251 e. The monoisotopic (exact) mass is 320 g/mol. The number of carbonyl (C=O) groups is 2. The van der Waals surface area contributed by atoms with Crippen molar-refractivity contribution in [2.45, 2.75) is 20.3 Å². The number of ether oxygens (including phenoxy) is 2. The number of hydrogen-bond acceptors (Lipinski definition) is 4. The number of amides is 2. The molecule has 0 saturated heterocycles. The van der Waals surface area contributed by atoms with Crippen LogP contribution in [0.3, 0.4) is 0 Å². The molecule has 1 aromatic rings. The fourth-order valence-electron chi connectivity index (χ4n) is 1.82. The van der Waals surface area contributed by atoms with Crippen molar-refractivity contribution >= 4 is 11.8 Å². The minimum absolute atomic E-state index is 0.148. The summed E-state index contributed by atoms with van der Waals surface area (Å²) in [5.74, 6) is 0.674. The Morgan fingerprint density at radius 1 is 1.09 bits per heavy atom. The molecule has 0 heterocycles. The van der Waals surface area contributed by atoms with Gasteiger partial charge in [0.15, 0.2) is 11.5 Å². The molecule has 2 N–H and O–H groups in total. The molecule has 0 atom stereocenters. The van der Waals surface area contributed by atoms with E-state index < -0.39 is 0 Å². The summed E-state index contributed by atoms with van der Waals surface area (Å²) in [7, 11) is 3.05. The summed E-state index contributed by atoms with van der Waals surface area (Å²) < 4.78 is 10.3. The summed E-state index contributed by atoms with van der Waals surface area (Å²) in [4.78, 5) is 23.6. The Morgan fingerprint density at radius 3 is 2.35 bits per heavy atom. The highest BCUT2D eigenvalue weighted by Gasteiger charge is 2.10. The van der Waals surface area contributed by atoms with E-state index in [9.17, 15) is 9.59 Å². The van der Waals surface area contributed by atoms with Crippen molar-refractivity contribution in [3.8, 4) is 11.5 Å². The van der Waals surface area contributed by atoms with Crippen molar-refractivity contribution in [2.24, 2.45) is 0 Å². The van der Waals surface area contributed by atoms with E-state index in [-0.39, 0.29) is 11.8 Å². The standard InChI is InChI=1S/C17H24N2O4/c1-5-12(2)10-16(20)18-8-9-19-17(21)13-6-7-14(22-3)15(11-13)23-4/h6-7,10-11H,5,8-9H2,1-4H3,(H,18,20)(H,19,21)/b12-10+. The molecular formula is C17H24N2O4. The number of benzene rings is 1. The lowest BCUT2D eigenvalue weighted by Gasteiger charge is -2.10. The van der Waals surface area contributed by atoms with Gasteiger partial charge in [-0.15, -0.1) is 0 Å². The van der Waals surface area contributed by atoms with Crippen LogP contribution in [0.4, 0.5) is 0 Å². The van der Waals surface area contributed by atoms with Gasteiger partial charge in [0.05, 0.1) is 14.2 Å². The molecule has 0 fully saturated rings. The maximum absolute atomic E-state index is 12.0. The topological polar surface area (TPSA) is 76.7 Å². The lowest BCUT2D eigenvalue weighted by Crippen LogP contribution is -2.34. The van der Waals surface area contributed by atoms with E-state index in [4.69, 9.17) is 9.47 Å². The molecule has 2 amide bonds. The van der Waals surface area contributed by atoms with Gasteiger partial charge in [0.2, 0.25) is 5.91 Å². The first-order chi connectivity index (χ1) is 11.0. The fourth-order valence-corrected chi connectivity index (χ4v) is 1.82. The van der Waals surface area contributed by atoms with Crippen molar-refractivity contribution in [1.29, 1.82) is 0 Å². The van der Waals surface area contributed by atoms with Gasteiger partial charge >= 0.3 is 0 Å². The quantitative estimate of drug-likeness (QED) is 0.566. The Balaban J connectivity index is 2.47. The SMILES string of the molecule is CC/C(C)=C/C(=O)NCCNC(=O)c1ccc(OC)c(OC)c1. The molecule has 0 bridgehead atoms. The normalized spacial score (nSPS) is 10.9. The average Bonchev–Trinajstić information content (AvgIpc) is 2.57. The molecule has 6 heteroatoms. The lowest BCUT2D eigenvalue weighted by molar-refractivity contribution is -0.116. The van der Waals surface area contributed by atoms with Crippen LogP contribution in [0.1, 0.15) is 30.6 Å². The summed E-state index contributed by atoms with van der Waals surface area (Å²) in [6.45, 7) is 4.60. The van der Waals surface area contributed by atoms with Gasteiger partial charge in [0.25, 0.3) is 5.91 Å². The van der Waals surface area contributed by atoms with E-state index in [1.54, 1.807) is 24.3 Å². The minimum Gasteiger partial charge on any atom is -0.493 e. The highest BCUT2D eigenvalue weighted by atomic mass is 16.5. The summed E-state index contributed by atoms with van der Waals surface area (Å²) in [5.41, 5.74) is 1.48. The van der Waals surface area contributed by atoms with Gasteiger partial charge < -0.3 is 20.1 Å². The number of hydrogen-bond donors (Lipinski definition) is 2. The predicted molar refractivity (Wildman–Crippen MR) is 88.9 cm³/mol. The summed E-state index contributed by atoms with van der Waals surface area (Å²) in [5, 5.41) is 5.46. The minimum atomic E-state index is -0.236. The molecule has 0 spiro atoms. The van der Waals surface area contributed by atoms with Crippen LogP contribution in [0.25, 0.3) is 0 Å². The van der Waals surface area contributed by atoms with E-state index in [2.05, 4.69) is 10.6 Å². The molecule has 0 aliphatic rings. The maximum Gasteiger partial charge on any atom is 0.251 e. The van der Waals surface area contributed by atoms with Crippen LogP contribution in [0, 0.1) is 0 Å². The highest BCUT2D eigenvalue weighted by Crippen LogP contribution is 2.27. The number of carbonyl (C=O) groups excluding carboxylic acids is 2. The van der Waals surface area contributed by atoms with Crippen molar-refractivity contribution in [3.63, 3.8) is 0 Å². The first-order valence-electron chi connectivity index (χ1n) is 7.47. The van der Waals surface area contributed by atoms with Crippen LogP contribution in [-0.4, -0.2) is 39.1 Å².